The lowest BCUT2D eigenvalue weighted by Crippen LogP contribution is -2.22. The lowest BCUT2D eigenvalue weighted by atomic mass is 10.1. The third-order valence-electron chi connectivity index (χ3n) is 8.20. The summed E-state index contributed by atoms with van der Waals surface area (Å²) >= 11 is 0. The molecule has 0 aliphatic carbocycles. The van der Waals surface area contributed by atoms with E-state index >= 15 is 0 Å². The third kappa shape index (κ3) is 9.09. The van der Waals surface area contributed by atoms with E-state index in [1.807, 2.05) is 55.5 Å². The van der Waals surface area contributed by atoms with Crippen molar-refractivity contribution in [3.63, 3.8) is 0 Å². The second kappa shape index (κ2) is 15.7. The SMILES string of the molecule is CCN(Cc1cccc(S(=O)(=O)O)c1)c1ccc(N=Nc2ccc(N=Nc3ccc(Nc4ccc(OC)cc4)c(S(=O)(=O)O)c3)c3ccccc23)cc1. The highest BCUT2D eigenvalue weighted by atomic mass is 32.2. The van der Waals surface area contributed by atoms with Crippen molar-refractivity contribution in [1.29, 1.82) is 0 Å². The Labute approximate surface area is 306 Å². The maximum Gasteiger partial charge on any atom is 0.296 e. The van der Waals surface area contributed by atoms with Gasteiger partial charge in [0.25, 0.3) is 20.2 Å². The van der Waals surface area contributed by atoms with Crippen LogP contribution in [0.1, 0.15) is 12.5 Å². The van der Waals surface area contributed by atoms with Gasteiger partial charge >= 0.3 is 0 Å². The Balaban J connectivity index is 1.20. The van der Waals surface area contributed by atoms with Crippen molar-refractivity contribution in [2.75, 3.05) is 23.9 Å². The van der Waals surface area contributed by atoms with E-state index in [2.05, 4.69) is 30.7 Å². The third-order valence-corrected chi connectivity index (χ3v) is 9.95. The summed E-state index contributed by atoms with van der Waals surface area (Å²) in [5, 5.41) is 22.1. The van der Waals surface area contributed by atoms with Crippen molar-refractivity contribution in [3.05, 3.63) is 133 Å². The van der Waals surface area contributed by atoms with Crippen LogP contribution in [0.2, 0.25) is 0 Å². The van der Waals surface area contributed by atoms with E-state index in [0.717, 1.165) is 22.0 Å². The topological polar surface area (TPSA) is 183 Å². The molecule has 3 N–H and O–H groups in total. The lowest BCUT2D eigenvalue weighted by Gasteiger charge is -2.23. The van der Waals surface area contributed by atoms with Crippen molar-refractivity contribution in [3.8, 4) is 5.75 Å². The van der Waals surface area contributed by atoms with Gasteiger partial charge in [0.2, 0.25) is 0 Å². The van der Waals surface area contributed by atoms with Crippen LogP contribution in [0.5, 0.6) is 5.75 Å². The molecule has 0 aliphatic heterocycles. The van der Waals surface area contributed by atoms with Gasteiger partial charge in [-0.15, -0.1) is 10.2 Å². The number of hydrogen-bond acceptors (Lipinski definition) is 11. The molecule has 53 heavy (non-hydrogen) atoms. The van der Waals surface area contributed by atoms with Crippen molar-refractivity contribution in [2.45, 2.75) is 23.3 Å². The molecule has 0 spiro atoms. The highest BCUT2D eigenvalue weighted by molar-refractivity contribution is 7.86. The van der Waals surface area contributed by atoms with E-state index in [9.17, 15) is 25.9 Å². The van der Waals surface area contributed by atoms with E-state index in [1.54, 1.807) is 61.7 Å². The van der Waals surface area contributed by atoms with Gasteiger partial charge < -0.3 is 15.0 Å². The van der Waals surface area contributed by atoms with Gasteiger partial charge in [-0.05, 0) is 103 Å². The average molecular weight is 751 g/mol. The molecular weight excluding hydrogens is 717 g/mol. The molecule has 0 bridgehead atoms. The summed E-state index contributed by atoms with van der Waals surface area (Å²) < 4.78 is 72.3. The minimum atomic E-state index is -4.61. The number of azo groups is 2. The molecule has 6 aromatic rings. The molecule has 0 radical (unpaired) electrons. The number of rotatable bonds is 13. The summed E-state index contributed by atoms with van der Waals surface area (Å²) in [7, 11) is -7.36. The molecule has 6 rings (SSSR count). The van der Waals surface area contributed by atoms with Crippen LogP contribution >= 0.6 is 0 Å². The van der Waals surface area contributed by atoms with Crippen molar-refractivity contribution in [1.82, 2.24) is 0 Å². The summed E-state index contributed by atoms with van der Waals surface area (Å²) in [5.41, 5.74) is 4.33. The van der Waals surface area contributed by atoms with Crippen LogP contribution in [0, 0.1) is 0 Å². The molecule has 0 aromatic heterocycles. The largest absolute Gasteiger partial charge is 0.497 e. The van der Waals surface area contributed by atoms with Gasteiger partial charge in [-0.25, -0.2) is 0 Å². The molecule has 6 aromatic carbocycles. The highest BCUT2D eigenvalue weighted by Crippen LogP contribution is 2.36. The minimum absolute atomic E-state index is 0.149. The van der Waals surface area contributed by atoms with Crippen molar-refractivity contribution in [2.24, 2.45) is 20.5 Å². The van der Waals surface area contributed by atoms with E-state index in [4.69, 9.17) is 4.74 Å². The van der Waals surface area contributed by atoms with Crippen LogP contribution in [0.15, 0.2) is 158 Å². The van der Waals surface area contributed by atoms with Crippen LogP contribution in [-0.2, 0) is 26.8 Å². The fourth-order valence-electron chi connectivity index (χ4n) is 5.53. The van der Waals surface area contributed by atoms with Crippen LogP contribution in [0.4, 0.5) is 39.8 Å². The fraction of sp³-hybridized carbons (Fsp3) is 0.105. The average Bonchev–Trinajstić information content (AvgIpc) is 3.16. The normalized spacial score (nSPS) is 12.1. The number of nitrogens with one attached hydrogen (secondary N) is 1. The number of ether oxygens (including phenoxy) is 1. The number of benzene rings is 6. The maximum absolute atomic E-state index is 12.3. The summed E-state index contributed by atoms with van der Waals surface area (Å²) in [6, 6.07) is 35.9. The molecule has 0 atom stereocenters. The highest BCUT2D eigenvalue weighted by Gasteiger charge is 2.17. The van der Waals surface area contributed by atoms with Crippen molar-refractivity contribution < 1.29 is 30.7 Å². The Morgan fingerprint density at radius 3 is 1.87 bits per heavy atom. The zero-order valence-corrected chi connectivity index (χ0v) is 30.2. The molecule has 13 nitrogen and oxygen atoms in total. The minimum Gasteiger partial charge on any atom is -0.497 e. The molecule has 0 amide bonds. The molecule has 0 saturated heterocycles. The monoisotopic (exact) mass is 750 g/mol. The number of nitrogens with zero attached hydrogens (tertiary/aromatic N) is 5. The number of methoxy groups -OCH3 is 1. The molecule has 0 fully saturated rings. The van der Waals surface area contributed by atoms with Gasteiger partial charge in [-0.1, -0.05) is 36.4 Å². The summed E-state index contributed by atoms with van der Waals surface area (Å²) in [6.07, 6.45) is 0. The predicted octanol–water partition coefficient (Wildman–Crippen LogP) is 9.94. The van der Waals surface area contributed by atoms with E-state index in [1.165, 1.54) is 24.3 Å². The van der Waals surface area contributed by atoms with Gasteiger partial charge in [0, 0.05) is 35.2 Å². The molecule has 0 unspecified atom stereocenters. The number of fused-ring (bicyclic) bond motifs is 1. The Kier molecular flexibility index (Phi) is 10.9. The molecule has 0 heterocycles. The Bertz CT molecular complexity index is 2540. The molecule has 0 saturated carbocycles. The van der Waals surface area contributed by atoms with E-state index in [0.29, 0.717) is 41.6 Å². The lowest BCUT2D eigenvalue weighted by molar-refractivity contribution is 0.415. The van der Waals surface area contributed by atoms with Crippen molar-refractivity contribution >= 4 is 70.8 Å². The van der Waals surface area contributed by atoms with Gasteiger partial charge in [0.1, 0.15) is 10.6 Å². The van der Waals surface area contributed by atoms with E-state index < -0.39 is 20.2 Å². The first-order chi connectivity index (χ1) is 25.4. The zero-order chi connectivity index (χ0) is 37.6. The first-order valence-corrected chi connectivity index (χ1v) is 19.1. The first-order valence-electron chi connectivity index (χ1n) is 16.2. The Hall–Kier alpha value is -6.00. The van der Waals surface area contributed by atoms with Crippen LogP contribution < -0.4 is 15.0 Å². The van der Waals surface area contributed by atoms with Gasteiger partial charge in [-0.2, -0.15) is 27.1 Å². The number of anilines is 3. The van der Waals surface area contributed by atoms with Crippen LogP contribution in [0.25, 0.3) is 10.8 Å². The summed E-state index contributed by atoms with van der Waals surface area (Å²) in [6.45, 7) is 3.08. The smallest absolute Gasteiger partial charge is 0.296 e. The van der Waals surface area contributed by atoms with Crippen LogP contribution in [-0.4, -0.2) is 39.6 Å². The predicted molar refractivity (Wildman–Crippen MR) is 204 cm³/mol. The number of hydrogen-bond donors (Lipinski definition) is 3. The van der Waals surface area contributed by atoms with Gasteiger partial charge in [-0.3, -0.25) is 9.11 Å². The Morgan fingerprint density at radius 2 is 1.28 bits per heavy atom. The van der Waals surface area contributed by atoms with Crippen LogP contribution in [0.3, 0.4) is 0 Å². The molecule has 15 heteroatoms. The molecular formula is C38H34N6O7S2. The second-order valence-electron chi connectivity index (χ2n) is 11.7. The quantitative estimate of drug-likeness (QED) is 0.0764. The first kappa shape index (κ1) is 36.8. The fourth-order valence-corrected chi connectivity index (χ4v) is 6.74. The molecule has 270 valence electrons. The Morgan fingerprint density at radius 1 is 0.660 bits per heavy atom. The maximum atomic E-state index is 12.3. The zero-order valence-electron chi connectivity index (χ0n) is 28.5. The van der Waals surface area contributed by atoms with Gasteiger partial charge in [0.15, 0.2) is 0 Å². The standard InChI is InChI=1S/C38H34N6O7S2/c1-3-44(25-26-7-6-8-32(23-26)52(45,46)47)30-16-11-28(12-17-30)40-42-35-21-22-36(34-10-5-4-9-33(34)35)43-41-29-15-20-37(38(24-29)53(48,49)50)39-27-13-18-31(51-2)19-14-27/h4-24,39H,3,25H2,1-2H3,(H,45,46,47)(H,48,49,50). The summed E-state index contributed by atoms with van der Waals surface area (Å²) in [5.74, 6) is 0.638. The van der Waals surface area contributed by atoms with E-state index in [-0.39, 0.29) is 21.2 Å². The second-order valence-corrected chi connectivity index (χ2v) is 14.5. The van der Waals surface area contributed by atoms with Gasteiger partial charge in [0.05, 0.1) is 40.4 Å². The molecule has 0 aliphatic rings. The summed E-state index contributed by atoms with van der Waals surface area (Å²) in [4.78, 5) is 1.55.